The lowest BCUT2D eigenvalue weighted by atomic mass is 10.2. The Morgan fingerprint density at radius 3 is 2.71 bits per heavy atom. The van der Waals surface area contributed by atoms with Gasteiger partial charge in [-0.1, -0.05) is 39.8 Å². The summed E-state index contributed by atoms with van der Waals surface area (Å²) >= 11 is 4.79. The van der Waals surface area contributed by atoms with Crippen molar-refractivity contribution in [2.45, 2.75) is 18.6 Å². The summed E-state index contributed by atoms with van der Waals surface area (Å²) in [6.45, 7) is 2.77. The normalized spacial score (nSPS) is 10.8. The number of thioether (sulfide) groups is 1. The Labute approximate surface area is 152 Å². The smallest absolute Gasteiger partial charge is 0.191 e. The van der Waals surface area contributed by atoms with Gasteiger partial charge >= 0.3 is 0 Å². The Morgan fingerprint density at radius 2 is 2.00 bits per heavy atom. The van der Waals surface area contributed by atoms with E-state index < -0.39 is 0 Å². The van der Waals surface area contributed by atoms with Crippen molar-refractivity contribution in [2.24, 2.45) is 0 Å². The molecule has 0 saturated heterocycles. The first-order valence-electron chi connectivity index (χ1n) is 7.44. The molecule has 0 aliphatic carbocycles. The third-order valence-corrected chi connectivity index (χ3v) is 4.91. The molecule has 0 atom stereocenters. The quantitative estimate of drug-likeness (QED) is 0.458. The van der Waals surface area contributed by atoms with E-state index >= 15 is 0 Å². The van der Waals surface area contributed by atoms with E-state index in [9.17, 15) is 4.79 Å². The third kappa shape index (κ3) is 3.73. The van der Waals surface area contributed by atoms with E-state index in [1.807, 2.05) is 47.9 Å². The van der Waals surface area contributed by atoms with Crippen molar-refractivity contribution in [1.82, 2.24) is 19.7 Å². The van der Waals surface area contributed by atoms with E-state index in [1.54, 1.807) is 12.4 Å². The van der Waals surface area contributed by atoms with Gasteiger partial charge in [0, 0.05) is 34.5 Å². The van der Waals surface area contributed by atoms with Crippen LogP contribution >= 0.6 is 27.7 Å². The largest absolute Gasteiger partial charge is 0.302 e. The van der Waals surface area contributed by atoms with E-state index in [0.29, 0.717) is 11.3 Å². The second-order valence-electron chi connectivity index (χ2n) is 5.01. The summed E-state index contributed by atoms with van der Waals surface area (Å²) in [5, 5.41) is 9.25. The molecule has 2 aromatic heterocycles. The van der Waals surface area contributed by atoms with Crippen molar-refractivity contribution in [2.75, 3.05) is 5.75 Å². The van der Waals surface area contributed by atoms with Gasteiger partial charge in [-0.05, 0) is 31.2 Å². The number of nitrogens with zero attached hydrogens (tertiary/aromatic N) is 4. The number of halogens is 1. The zero-order valence-corrected chi connectivity index (χ0v) is 15.4. The van der Waals surface area contributed by atoms with Crippen LogP contribution in [0.5, 0.6) is 0 Å². The fourth-order valence-electron chi connectivity index (χ4n) is 2.27. The molecule has 0 unspecified atom stereocenters. The zero-order valence-electron chi connectivity index (χ0n) is 13.0. The van der Waals surface area contributed by atoms with E-state index in [0.717, 1.165) is 27.6 Å². The van der Waals surface area contributed by atoms with Gasteiger partial charge in [-0.3, -0.25) is 9.78 Å². The Morgan fingerprint density at radius 1 is 1.21 bits per heavy atom. The minimum atomic E-state index is 0.0671. The number of ketones is 1. The van der Waals surface area contributed by atoms with Crippen LogP contribution in [0.25, 0.3) is 11.4 Å². The second kappa shape index (κ2) is 7.72. The number of hydrogen-bond acceptors (Lipinski definition) is 5. The Kier molecular flexibility index (Phi) is 5.42. The van der Waals surface area contributed by atoms with Crippen LogP contribution in [0, 0.1) is 0 Å². The number of carbonyl (C=O) groups is 1. The summed E-state index contributed by atoms with van der Waals surface area (Å²) in [7, 11) is 0. The van der Waals surface area contributed by atoms with Crippen LogP contribution < -0.4 is 0 Å². The highest BCUT2D eigenvalue weighted by Gasteiger charge is 2.15. The molecule has 122 valence electrons. The fourth-order valence-corrected chi connectivity index (χ4v) is 3.57. The zero-order chi connectivity index (χ0) is 16.9. The van der Waals surface area contributed by atoms with Crippen molar-refractivity contribution in [3.8, 4) is 11.4 Å². The summed E-state index contributed by atoms with van der Waals surface area (Å²) < 4.78 is 2.91. The summed E-state index contributed by atoms with van der Waals surface area (Å²) in [5.41, 5.74) is 1.65. The maximum atomic E-state index is 12.3. The number of aromatic nitrogens is 4. The van der Waals surface area contributed by atoms with Gasteiger partial charge in [-0.2, -0.15) is 0 Å². The van der Waals surface area contributed by atoms with E-state index in [-0.39, 0.29) is 5.78 Å². The highest BCUT2D eigenvalue weighted by atomic mass is 79.9. The van der Waals surface area contributed by atoms with Gasteiger partial charge in [-0.15, -0.1) is 10.2 Å². The van der Waals surface area contributed by atoms with Crippen LogP contribution in [0.1, 0.15) is 17.3 Å². The number of carbonyl (C=O) groups excluding carboxylic acids is 1. The van der Waals surface area contributed by atoms with E-state index in [2.05, 4.69) is 31.1 Å². The van der Waals surface area contributed by atoms with Crippen LogP contribution in [-0.4, -0.2) is 31.3 Å². The van der Waals surface area contributed by atoms with Crippen molar-refractivity contribution in [3.05, 3.63) is 58.8 Å². The first-order valence-corrected chi connectivity index (χ1v) is 9.22. The molecule has 1 aromatic carbocycles. The predicted octanol–water partition coefficient (Wildman–Crippen LogP) is 4.10. The van der Waals surface area contributed by atoms with Crippen LogP contribution in [0.3, 0.4) is 0 Å². The van der Waals surface area contributed by atoms with Crippen LogP contribution in [0.2, 0.25) is 0 Å². The van der Waals surface area contributed by atoms with Gasteiger partial charge < -0.3 is 4.57 Å². The van der Waals surface area contributed by atoms with Gasteiger partial charge in [0.2, 0.25) is 0 Å². The molecule has 0 aliphatic heterocycles. The molecule has 0 amide bonds. The number of hydrogen-bond donors (Lipinski definition) is 0. The molecule has 3 aromatic rings. The molecular weight excluding hydrogens is 388 g/mol. The van der Waals surface area contributed by atoms with Crippen LogP contribution in [0.4, 0.5) is 0 Å². The number of pyridine rings is 1. The second-order valence-corrected chi connectivity index (χ2v) is 6.87. The van der Waals surface area contributed by atoms with E-state index in [1.165, 1.54) is 11.8 Å². The molecule has 0 radical (unpaired) electrons. The van der Waals surface area contributed by atoms with Gasteiger partial charge in [0.1, 0.15) is 0 Å². The molecule has 0 fully saturated rings. The van der Waals surface area contributed by atoms with Crippen molar-refractivity contribution < 1.29 is 4.79 Å². The van der Waals surface area contributed by atoms with Gasteiger partial charge in [-0.25, -0.2) is 0 Å². The number of benzene rings is 1. The van der Waals surface area contributed by atoms with Crippen LogP contribution in [-0.2, 0) is 6.54 Å². The Bertz CT molecular complexity index is 851. The SMILES string of the molecule is CCn1c(SCC(=O)c2cccc(Br)c2)nnc1-c1ccncc1. The molecule has 3 rings (SSSR count). The first kappa shape index (κ1) is 16.9. The van der Waals surface area contributed by atoms with Crippen molar-refractivity contribution in [3.63, 3.8) is 0 Å². The molecular formula is C17H15BrN4OS. The topological polar surface area (TPSA) is 60.7 Å². The minimum Gasteiger partial charge on any atom is -0.302 e. The van der Waals surface area contributed by atoms with Crippen molar-refractivity contribution in [1.29, 1.82) is 0 Å². The lowest BCUT2D eigenvalue weighted by molar-refractivity contribution is 0.102. The molecule has 0 aliphatic rings. The highest BCUT2D eigenvalue weighted by molar-refractivity contribution is 9.10. The maximum Gasteiger partial charge on any atom is 0.191 e. The molecule has 2 heterocycles. The minimum absolute atomic E-state index is 0.0671. The lowest BCUT2D eigenvalue weighted by Gasteiger charge is -2.07. The summed E-state index contributed by atoms with van der Waals surface area (Å²) in [6.07, 6.45) is 3.46. The van der Waals surface area contributed by atoms with Gasteiger partial charge in [0.25, 0.3) is 0 Å². The molecule has 24 heavy (non-hydrogen) atoms. The fraction of sp³-hybridized carbons (Fsp3) is 0.176. The predicted molar refractivity (Wildman–Crippen MR) is 98.1 cm³/mol. The maximum absolute atomic E-state index is 12.3. The average molecular weight is 403 g/mol. The summed E-state index contributed by atoms with van der Waals surface area (Å²) in [5.74, 6) is 1.18. The average Bonchev–Trinajstić information content (AvgIpc) is 3.03. The first-order chi connectivity index (χ1) is 11.7. The number of Topliss-reactive ketones (excluding diaryl/α,β-unsaturated/α-hetero) is 1. The highest BCUT2D eigenvalue weighted by Crippen LogP contribution is 2.24. The number of rotatable bonds is 6. The van der Waals surface area contributed by atoms with Gasteiger partial charge in [0.05, 0.1) is 5.75 Å². The van der Waals surface area contributed by atoms with Gasteiger partial charge in [0.15, 0.2) is 16.8 Å². The molecule has 0 saturated carbocycles. The molecule has 0 spiro atoms. The summed E-state index contributed by atoms with van der Waals surface area (Å²) in [4.78, 5) is 16.4. The molecule has 5 nitrogen and oxygen atoms in total. The monoisotopic (exact) mass is 402 g/mol. The summed E-state index contributed by atoms with van der Waals surface area (Å²) in [6, 6.07) is 11.2. The third-order valence-electron chi connectivity index (χ3n) is 3.45. The van der Waals surface area contributed by atoms with Crippen LogP contribution in [0.15, 0.2) is 58.4 Å². The standard InChI is InChI=1S/C17H15BrN4OS/c1-2-22-16(12-6-8-19-9-7-12)20-21-17(22)24-11-15(23)13-4-3-5-14(18)10-13/h3-10H,2,11H2,1H3. The molecule has 7 heteroatoms. The molecule has 0 bridgehead atoms. The Hall–Kier alpha value is -1.99. The lowest BCUT2D eigenvalue weighted by Crippen LogP contribution is -2.05. The van der Waals surface area contributed by atoms with Crippen molar-refractivity contribution >= 4 is 33.5 Å². The Balaban J connectivity index is 1.76. The molecule has 0 N–H and O–H groups in total. The van der Waals surface area contributed by atoms with E-state index in [4.69, 9.17) is 0 Å².